The molecule has 1 saturated heterocycles. The van der Waals surface area contributed by atoms with Gasteiger partial charge in [0.05, 0.1) is 18.8 Å². The maximum atomic E-state index is 12.6. The summed E-state index contributed by atoms with van der Waals surface area (Å²) < 4.78 is 7.12. The number of hydrogen-bond donors (Lipinski definition) is 3. The normalized spacial score (nSPS) is 16.8. The van der Waals surface area contributed by atoms with Crippen molar-refractivity contribution in [3.05, 3.63) is 36.2 Å². The molecule has 26 heavy (non-hydrogen) atoms. The molecule has 1 aliphatic heterocycles. The Morgan fingerprint density at radius 2 is 2.15 bits per heavy atom. The molecule has 1 aromatic heterocycles. The highest BCUT2D eigenvalue weighted by molar-refractivity contribution is 6.04. The third kappa shape index (κ3) is 4.20. The molecule has 1 aromatic carbocycles. The number of aromatic nitrogens is 2. The highest BCUT2D eigenvalue weighted by Crippen LogP contribution is 2.28. The quantitative estimate of drug-likeness (QED) is 0.761. The molecule has 2 amide bonds. The monoisotopic (exact) mass is 357 g/mol. The van der Waals surface area contributed by atoms with Gasteiger partial charge in [-0.15, -0.1) is 0 Å². The summed E-state index contributed by atoms with van der Waals surface area (Å²) in [6.07, 6.45) is 3.97. The van der Waals surface area contributed by atoms with Gasteiger partial charge in [0, 0.05) is 25.4 Å². The lowest BCUT2D eigenvalue weighted by Crippen LogP contribution is -2.32. The van der Waals surface area contributed by atoms with E-state index in [0.29, 0.717) is 22.8 Å². The van der Waals surface area contributed by atoms with Gasteiger partial charge in [-0.05, 0) is 43.7 Å². The summed E-state index contributed by atoms with van der Waals surface area (Å²) in [4.78, 5) is 23.8. The number of anilines is 2. The van der Waals surface area contributed by atoms with Crippen LogP contribution in [0.4, 0.5) is 11.4 Å². The first-order valence-electron chi connectivity index (χ1n) is 8.59. The second kappa shape index (κ2) is 8.01. The summed E-state index contributed by atoms with van der Waals surface area (Å²) in [5, 5.41) is 13.2. The van der Waals surface area contributed by atoms with E-state index in [4.69, 9.17) is 4.74 Å². The van der Waals surface area contributed by atoms with Crippen LogP contribution in [0.1, 0.15) is 36.3 Å². The van der Waals surface area contributed by atoms with Crippen LogP contribution in [0, 0.1) is 0 Å². The van der Waals surface area contributed by atoms with Crippen LogP contribution < -0.4 is 20.7 Å². The lowest BCUT2D eigenvalue weighted by molar-refractivity contribution is -0.114. The number of carbonyl (C=O) groups excluding carboxylic acids is 2. The predicted octanol–water partition coefficient (Wildman–Crippen LogP) is 2.03. The second-order valence-electron chi connectivity index (χ2n) is 6.23. The lowest BCUT2D eigenvalue weighted by Gasteiger charge is -2.22. The fraction of sp³-hybridized carbons (Fsp3) is 0.389. The maximum Gasteiger partial charge on any atom is 0.276 e. The van der Waals surface area contributed by atoms with E-state index in [1.807, 2.05) is 10.9 Å². The Bertz CT molecular complexity index is 796. The van der Waals surface area contributed by atoms with Gasteiger partial charge in [0.25, 0.3) is 5.91 Å². The Balaban J connectivity index is 1.74. The molecule has 0 saturated carbocycles. The molecule has 2 aromatic rings. The Kier molecular flexibility index (Phi) is 5.52. The van der Waals surface area contributed by atoms with E-state index >= 15 is 0 Å². The van der Waals surface area contributed by atoms with Crippen LogP contribution in [0.3, 0.4) is 0 Å². The number of piperidine rings is 1. The van der Waals surface area contributed by atoms with Crippen LogP contribution in [0.5, 0.6) is 5.75 Å². The molecule has 8 nitrogen and oxygen atoms in total. The van der Waals surface area contributed by atoms with Crippen molar-refractivity contribution in [3.63, 3.8) is 0 Å². The number of methoxy groups -OCH3 is 1. The minimum Gasteiger partial charge on any atom is -0.495 e. The van der Waals surface area contributed by atoms with Gasteiger partial charge in [0.1, 0.15) is 5.75 Å². The fourth-order valence-corrected chi connectivity index (χ4v) is 2.99. The van der Waals surface area contributed by atoms with Crippen LogP contribution in [0.25, 0.3) is 0 Å². The fourth-order valence-electron chi connectivity index (χ4n) is 2.99. The van der Waals surface area contributed by atoms with Crippen LogP contribution in [-0.4, -0.2) is 41.8 Å². The van der Waals surface area contributed by atoms with E-state index in [1.165, 1.54) is 14.0 Å². The Labute approximate surface area is 151 Å². The largest absolute Gasteiger partial charge is 0.495 e. The van der Waals surface area contributed by atoms with E-state index in [-0.39, 0.29) is 17.9 Å². The zero-order valence-electron chi connectivity index (χ0n) is 14.9. The van der Waals surface area contributed by atoms with Crippen molar-refractivity contribution in [2.75, 3.05) is 30.8 Å². The van der Waals surface area contributed by atoms with E-state index in [0.717, 1.165) is 25.9 Å². The first-order valence-corrected chi connectivity index (χ1v) is 8.59. The third-order valence-corrected chi connectivity index (χ3v) is 4.25. The van der Waals surface area contributed by atoms with Gasteiger partial charge in [-0.25, -0.2) is 0 Å². The second-order valence-corrected chi connectivity index (χ2v) is 6.23. The van der Waals surface area contributed by atoms with Crippen molar-refractivity contribution >= 4 is 23.2 Å². The summed E-state index contributed by atoms with van der Waals surface area (Å²) in [5.41, 5.74) is 1.38. The first kappa shape index (κ1) is 17.9. The number of ether oxygens (including phenoxy) is 1. The van der Waals surface area contributed by atoms with Crippen molar-refractivity contribution < 1.29 is 14.3 Å². The van der Waals surface area contributed by atoms with Crippen molar-refractivity contribution in [1.29, 1.82) is 0 Å². The molecular formula is C18H23N5O3. The van der Waals surface area contributed by atoms with Crippen molar-refractivity contribution in [3.8, 4) is 5.75 Å². The number of benzene rings is 1. The van der Waals surface area contributed by atoms with Gasteiger partial charge in [-0.1, -0.05) is 0 Å². The first-order chi connectivity index (χ1) is 12.6. The van der Waals surface area contributed by atoms with Crippen molar-refractivity contribution in [1.82, 2.24) is 15.1 Å². The number of nitrogens with one attached hydrogen (secondary N) is 3. The summed E-state index contributed by atoms with van der Waals surface area (Å²) >= 11 is 0. The average Bonchev–Trinajstić information content (AvgIpc) is 3.12. The SMILES string of the molecule is COc1ccc(NC(C)=O)cc1NC(=O)c1ccn(C2CCCNC2)n1. The smallest absolute Gasteiger partial charge is 0.276 e. The molecule has 3 rings (SSSR count). The van der Waals surface area contributed by atoms with Crippen LogP contribution in [-0.2, 0) is 4.79 Å². The minimum atomic E-state index is -0.328. The van der Waals surface area contributed by atoms with E-state index in [1.54, 1.807) is 24.3 Å². The lowest BCUT2D eigenvalue weighted by atomic mass is 10.1. The summed E-state index contributed by atoms with van der Waals surface area (Å²) in [5.74, 6) is -0.0126. The Morgan fingerprint density at radius 1 is 1.31 bits per heavy atom. The number of rotatable bonds is 5. The number of nitrogens with zero attached hydrogens (tertiary/aromatic N) is 2. The van der Waals surface area contributed by atoms with E-state index < -0.39 is 0 Å². The molecule has 3 N–H and O–H groups in total. The van der Waals surface area contributed by atoms with Crippen LogP contribution in [0.2, 0.25) is 0 Å². The molecule has 8 heteroatoms. The topological polar surface area (TPSA) is 97.3 Å². The molecular weight excluding hydrogens is 334 g/mol. The van der Waals surface area contributed by atoms with Crippen LogP contribution >= 0.6 is 0 Å². The predicted molar refractivity (Wildman–Crippen MR) is 98.6 cm³/mol. The molecule has 1 unspecified atom stereocenters. The molecule has 0 radical (unpaired) electrons. The molecule has 1 aliphatic rings. The molecule has 0 spiro atoms. The standard InChI is InChI=1S/C18H23N5O3/c1-12(24)20-13-5-6-17(26-2)16(10-13)21-18(25)15-7-9-23(22-15)14-4-3-8-19-11-14/h5-7,9-10,14,19H,3-4,8,11H2,1-2H3,(H,20,24)(H,21,25). The Hall–Kier alpha value is -2.87. The van der Waals surface area contributed by atoms with Gasteiger partial charge in [-0.3, -0.25) is 14.3 Å². The van der Waals surface area contributed by atoms with Gasteiger partial charge in [-0.2, -0.15) is 5.10 Å². The molecule has 1 fully saturated rings. The van der Waals surface area contributed by atoms with Gasteiger partial charge < -0.3 is 20.7 Å². The summed E-state index contributed by atoms with van der Waals surface area (Å²) in [7, 11) is 1.52. The number of carbonyl (C=O) groups is 2. The molecule has 0 aliphatic carbocycles. The highest BCUT2D eigenvalue weighted by atomic mass is 16.5. The van der Waals surface area contributed by atoms with Gasteiger partial charge in [0.15, 0.2) is 5.69 Å². The zero-order chi connectivity index (χ0) is 18.5. The summed E-state index contributed by atoms with van der Waals surface area (Å²) in [6, 6.07) is 7.02. The van der Waals surface area contributed by atoms with Crippen molar-refractivity contribution in [2.45, 2.75) is 25.8 Å². The molecule has 2 heterocycles. The average molecular weight is 357 g/mol. The minimum absolute atomic E-state index is 0.188. The van der Waals surface area contributed by atoms with Crippen molar-refractivity contribution in [2.24, 2.45) is 0 Å². The molecule has 1 atom stereocenters. The van der Waals surface area contributed by atoms with E-state index in [9.17, 15) is 9.59 Å². The zero-order valence-corrected chi connectivity index (χ0v) is 14.9. The summed E-state index contributed by atoms with van der Waals surface area (Å²) in [6.45, 7) is 3.31. The van der Waals surface area contributed by atoms with E-state index in [2.05, 4.69) is 21.0 Å². The van der Waals surface area contributed by atoms with Gasteiger partial charge >= 0.3 is 0 Å². The highest BCUT2D eigenvalue weighted by Gasteiger charge is 2.18. The Morgan fingerprint density at radius 3 is 2.85 bits per heavy atom. The maximum absolute atomic E-state index is 12.6. The van der Waals surface area contributed by atoms with Crippen LogP contribution in [0.15, 0.2) is 30.5 Å². The number of hydrogen-bond acceptors (Lipinski definition) is 5. The third-order valence-electron chi connectivity index (χ3n) is 4.25. The van der Waals surface area contributed by atoms with Gasteiger partial charge in [0.2, 0.25) is 5.91 Å². The number of amides is 2. The molecule has 138 valence electrons. The molecule has 0 bridgehead atoms.